The van der Waals surface area contributed by atoms with Crippen molar-refractivity contribution in [2.45, 2.75) is 26.3 Å². The van der Waals surface area contributed by atoms with Gasteiger partial charge in [0.05, 0.1) is 18.7 Å². The van der Waals surface area contributed by atoms with Crippen LogP contribution in [0.3, 0.4) is 0 Å². The average Bonchev–Trinajstić information content (AvgIpc) is 3.46. The molecule has 0 aliphatic carbocycles. The first-order chi connectivity index (χ1) is 18.6. The molecule has 2 aromatic carbocycles. The van der Waals surface area contributed by atoms with Crippen LogP contribution in [0.15, 0.2) is 48.8 Å². The van der Waals surface area contributed by atoms with Gasteiger partial charge in [-0.05, 0) is 65.6 Å². The summed E-state index contributed by atoms with van der Waals surface area (Å²) >= 11 is 0. The summed E-state index contributed by atoms with van der Waals surface area (Å²) in [6, 6.07) is 9.97. The highest BCUT2D eigenvalue weighted by atomic mass is 19.4. The molecule has 0 spiro atoms. The number of pyridine rings is 1. The molecule has 5 rings (SSSR count). The van der Waals surface area contributed by atoms with E-state index in [-0.39, 0.29) is 35.7 Å². The number of nitrogens with zero attached hydrogens (tertiary/aromatic N) is 5. The third-order valence-electron chi connectivity index (χ3n) is 6.41. The summed E-state index contributed by atoms with van der Waals surface area (Å²) in [6.45, 7) is 1.98. The van der Waals surface area contributed by atoms with Gasteiger partial charge in [0.15, 0.2) is 5.82 Å². The number of aromatic nitrogens is 4. The maximum Gasteiger partial charge on any atom is 0.416 e. The SMILES string of the molecule is CCNc1cc(-c2ccc(F)cc2-c2nncn2C)cc(N2Cc3c(cc(COC)cc3C(F)(F)F)C2=O)n1. The lowest BCUT2D eigenvalue weighted by Crippen LogP contribution is -2.24. The third-order valence-corrected chi connectivity index (χ3v) is 6.41. The Morgan fingerprint density at radius 2 is 1.87 bits per heavy atom. The number of amides is 1. The highest BCUT2D eigenvalue weighted by Crippen LogP contribution is 2.41. The van der Waals surface area contributed by atoms with Crippen LogP contribution in [0.25, 0.3) is 22.5 Å². The lowest BCUT2D eigenvalue weighted by molar-refractivity contribution is -0.138. The zero-order chi connectivity index (χ0) is 27.9. The van der Waals surface area contributed by atoms with Crippen molar-refractivity contribution in [3.63, 3.8) is 0 Å². The Morgan fingerprint density at radius 3 is 2.54 bits per heavy atom. The van der Waals surface area contributed by atoms with Crippen LogP contribution < -0.4 is 10.2 Å². The van der Waals surface area contributed by atoms with Crippen LogP contribution in [0.4, 0.5) is 29.2 Å². The van der Waals surface area contributed by atoms with Gasteiger partial charge in [-0.15, -0.1) is 10.2 Å². The van der Waals surface area contributed by atoms with Gasteiger partial charge in [-0.3, -0.25) is 9.69 Å². The van der Waals surface area contributed by atoms with Crippen molar-refractivity contribution in [2.75, 3.05) is 23.9 Å². The van der Waals surface area contributed by atoms with Crippen molar-refractivity contribution in [2.24, 2.45) is 7.05 Å². The van der Waals surface area contributed by atoms with E-state index in [1.807, 2.05) is 6.92 Å². The highest BCUT2D eigenvalue weighted by Gasteiger charge is 2.41. The Hall–Kier alpha value is -4.32. The number of alkyl halides is 3. The van der Waals surface area contributed by atoms with Crippen LogP contribution in [-0.4, -0.2) is 39.3 Å². The number of fused-ring (bicyclic) bond motifs is 1. The maximum atomic E-state index is 14.3. The molecule has 1 aliphatic heterocycles. The van der Waals surface area contributed by atoms with Gasteiger partial charge in [-0.1, -0.05) is 6.07 Å². The second-order valence-corrected chi connectivity index (χ2v) is 9.08. The second kappa shape index (κ2) is 10.1. The summed E-state index contributed by atoms with van der Waals surface area (Å²) in [5.41, 5.74) is 0.796. The molecule has 0 unspecified atom stereocenters. The van der Waals surface area contributed by atoms with Gasteiger partial charge in [-0.25, -0.2) is 9.37 Å². The number of rotatable bonds is 7. The predicted molar refractivity (Wildman–Crippen MR) is 136 cm³/mol. The Kier molecular flexibility index (Phi) is 6.81. The fraction of sp³-hybridized carbons (Fsp3) is 0.259. The second-order valence-electron chi connectivity index (χ2n) is 9.08. The average molecular weight is 541 g/mol. The van der Waals surface area contributed by atoms with E-state index in [2.05, 4.69) is 20.5 Å². The van der Waals surface area contributed by atoms with Crippen molar-refractivity contribution in [3.8, 4) is 22.5 Å². The summed E-state index contributed by atoms with van der Waals surface area (Å²) in [4.78, 5) is 19.2. The summed E-state index contributed by atoms with van der Waals surface area (Å²) < 4.78 is 62.9. The first kappa shape index (κ1) is 26.3. The number of halogens is 4. The van der Waals surface area contributed by atoms with E-state index >= 15 is 0 Å². The fourth-order valence-electron chi connectivity index (χ4n) is 4.72. The quantitative estimate of drug-likeness (QED) is 0.314. The van der Waals surface area contributed by atoms with E-state index in [0.29, 0.717) is 34.9 Å². The van der Waals surface area contributed by atoms with Crippen molar-refractivity contribution >= 4 is 17.5 Å². The molecular weight excluding hydrogens is 516 g/mol. The number of nitrogens with one attached hydrogen (secondary N) is 1. The third kappa shape index (κ3) is 4.94. The molecule has 2 aromatic heterocycles. The molecule has 1 aliphatic rings. The van der Waals surface area contributed by atoms with Gasteiger partial charge in [0.2, 0.25) is 0 Å². The fourth-order valence-corrected chi connectivity index (χ4v) is 4.72. The van der Waals surface area contributed by atoms with Gasteiger partial charge >= 0.3 is 6.18 Å². The maximum absolute atomic E-state index is 14.3. The largest absolute Gasteiger partial charge is 0.416 e. The van der Waals surface area contributed by atoms with Crippen molar-refractivity contribution in [1.82, 2.24) is 19.7 Å². The molecule has 4 aromatic rings. The van der Waals surface area contributed by atoms with Crippen LogP contribution >= 0.6 is 0 Å². The molecule has 12 heteroatoms. The van der Waals surface area contributed by atoms with E-state index in [0.717, 1.165) is 6.07 Å². The molecular formula is C27H24F4N6O2. The molecule has 0 atom stereocenters. The number of methoxy groups -OCH3 is 1. The van der Waals surface area contributed by atoms with Gasteiger partial charge in [0.1, 0.15) is 23.8 Å². The lowest BCUT2D eigenvalue weighted by Gasteiger charge is -2.19. The Bertz CT molecular complexity index is 1570. The molecule has 8 nitrogen and oxygen atoms in total. The van der Waals surface area contributed by atoms with Crippen LogP contribution in [0.2, 0.25) is 0 Å². The van der Waals surface area contributed by atoms with E-state index in [1.165, 1.54) is 36.5 Å². The number of benzene rings is 2. The number of carbonyl (C=O) groups excluding carboxylic acids is 1. The van der Waals surface area contributed by atoms with E-state index in [4.69, 9.17) is 4.74 Å². The monoisotopic (exact) mass is 540 g/mol. The highest BCUT2D eigenvalue weighted by molar-refractivity contribution is 6.10. The van der Waals surface area contributed by atoms with Crippen molar-refractivity contribution < 1.29 is 27.1 Å². The van der Waals surface area contributed by atoms with E-state index in [9.17, 15) is 22.4 Å². The zero-order valence-corrected chi connectivity index (χ0v) is 21.3. The Labute approximate surface area is 221 Å². The smallest absolute Gasteiger partial charge is 0.380 e. The van der Waals surface area contributed by atoms with Gasteiger partial charge < -0.3 is 14.6 Å². The number of hydrogen-bond acceptors (Lipinski definition) is 6. The Morgan fingerprint density at radius 1 is 1.08 bits per heavy atom. The molecule has 1 N–H and O–H groups in total. The lowest BCUT2D eigenvalue weighted by atomic mass is 9.99. The summed E-state index contributed by atoms with van der Waals surface area (Å²) in [7, 11) is 3.10. The topological polar surface area (TPSA) is 85.2 Å². The van der Waals surface area contributed by atoms with Crippen LogP contribution in [0, 0.1) is 5.82 Å². The summed E-state index contributed by atoms with van der Waals surface area (Å²) in [6.07, 6.45) is -3.17. The molecule has 0 fully saturated rings. The number of ether oxygens (including phenoxy) is 1. The summed E-state index contributed by atoms with van der Waals surface area (Å²) in [5, 5.41) is 11.1. The number of aryl methyl sites for hydroxylation is 1. The van der Waals surface area contributed by atoms with Crippen LogP contribution in [-0.2, 0) is 31.1 Å². The molecule has 0 saturated heterocycles. The molecule has 39 heavy (non-hydrogen) atoms. The van der Waals surface area contributed by atoms with Crippen molar-refractivity contribution in [3.05, 3.63) is 76.9 Å². The number of carbonyl (C=O) groups is 1. The van der Waals surface area contributed by atoms with Gasteiger partial charge in [0, 0.05) is 31.8 Å². The standard InChI is InChI=1S/C27H24F4N6O2/c1-4-32-23-9-16(18-6-5-17(28)11-19(18)25-35-33-14-36(25)2)10-24(34-23)37-12-21-20(26(37)38)7-15(13-39-3)8-22(21)27(29,30)31/h5-11,14H,4,12-13H2,1-3H3,(H,32,34). The van der Waals surface area contributed by atoms with E-state index in [1.54, 1.807) is 29.8 Å². The molecule has 3 heterocycles. The minimum absolute atomic E-state index is 0.0457. The van der Waals surface area contributed by atoms with Gasteiger partial charge in [0.25, 0.3) is 5.91 Å². The first-order valence-electron chi connectivity index (χ1n) is 12.0. The minimum atomic E-state index is -4.66. The molecule has 0 saturated carbocycles. The number of anilines is 2. The van der Waals surface area contributed by atoms with E-state index < -0.39 is 23.5 Å². The zero-order valence-electron chi connectivity index (χ0n) is 21.3. The Balaban J connectivity index is 1.64. The number of hydrogen-bond donors (Lipinski definition) is 1. The molecule has 1 amide bonds. The molecule has 0 radical (unpaired) electrons. The van der Waals surface area contributed by atoms with Crippen LogP contribution in [0.1, 0.15) is 34.0 Å². The molecule has 0 bridgehead atoms. The van der Waals surface area contributed by atoms with Crippen LogP contribution in [0.5, 0.6) is 0 Å². The summed E-state index contributed by atoms with van der Waals surface area (Å²) in [5.74, 6) is -0.113. The molecule has 202 valence electrons. The predicted octanol–water partition coefficient (Wildman–Crippen LogP) is 5.44. The minimum Gasteiger partial charge on any atom is -0.380 e. The van der Waals surface area contributed by atoms with Crippen molar-refractivity contribution in [1.29, 1.82) is 0 Å². The van der Waals surface area contributed by atoms with Gasteiger partial charge in [-0.2, -0.15) is 13.2 Å². The normalized spacial score (nSPS) is 13.2. The first-order valence-corrected chi connectivity index (χ1v) is 12.0.